The second kappa shape index (κ2) is 8.84. The van der Waals surface area contributed by atoms with Gasteiger partial charge in [0.05, 0.1) is 13.1 Å². The van der Waals surface area contributed by atoms with Crippen LogP contribution >= 0.6 is 0 Å². The first-order valence-corrected chi connectivity index (χ1v) is 11.5. The van der Waals surface area contributed by atoms with E-state index in [-0.39, 0.29) is 5.41 Å². The van der Waals surface area contributed by atoms with E-state index in [1.54, 1.807) is 4.90 Å². The molecule has 1 saturated heterocycles. The van der Waals surface area contributed by atoms with Crippen molar-refractivity contribution in [1.29, 1.82) is 0 Å². The van der Waals surface area contributed by atoms with Crippen molar-refractivity contribution < 1.29 is 10.0 Å². The van der Waals surface area contributed by atoms with E-state index in [2.05, 4.69) is 76.2 Å². The number of quaternary nitrogens is 1. The van der Waals surface area contributed by atoms with Gasteiger partial charge < -0.3 is 10.0 Å². The zero-order valence-electron chi connectivity index (χ0n) is 19.3. The van der Waals surface area contributed by atoms with Gasteiger partial charge in [-0.25, -0.2) is 0 Å². The molecule has 3 aromatic carbocycles. The van der Waals surface area contributed by atoms with E-state index >= 15 is 0 Å². The predicted octanol–water partition coefficient (Wildman–Crippen LogP) is 4.82. The minimum atomic E-state index is -0.0937. The highest BCUT2D eigenvalue weighted by Crippen LogP contribution is 2.33. The van der Waals surface area contributed by atoms with Crippen LogP contribution in [0.3, 0.4) is 0 Å². The average Bonchev–Trinajstić information content (AvgIpc) is 3.16. The highest BCUT2D eigenvalue weighted by molar-refractivity contribution is 5.85. The predicted molar refractivity (Wildman–Crippen MR) is 131 cm³/mol. The van der Waals surface area contributed by atoms with Gasteiger partial charge in [-0.2, -0.15) is 0 Å². The van der Waals surface area contributed by atoms with Crippen LogP contribution in [-0.4, -0.2) is 30.5 Å². The lowest BCUT2D eigenvalue weighted by molar-refractivity contribution is -0.924. The maximum atomic E-state index is 10.8. The Kier molecular flexibility index (Phi) is 6.15. The normalized spacial score (nSPS) is 19.5. The number of nitrogens with zero attached hydrogens (tertiary/aromatic N) is 1. The van der Waals surface area contributed by atoms with Crippen molar-refractivity contribution in [2.75, 3.05) is 13.1 Å². The zero-order chi connectivity index (χ0) is 22.0. The van der Waals surface area contributed by atoms with Crippen LogP contribution in [-0.2, 0) is 12.0 Å². The summed E-state index contributed by atoms with van der Waals surface area (Å²) in [6.07, 6.45) is 4.35. The molecule has 0 spiro atoms. The fourth-order valence-electron chi connectivity index (χ4n) is 4.88. The number of fused-ring (bicyclic) bond motifs is 1. The second-order valence-corrected chi connectivity index (χ2v) is 10.1. The first-order chi connectivity index (χ1) is 14.8. The van der Waals surface area contributed by atoms with Crippen LogP contribution < -0.4 is 4.90 Å². The Morgan fingerprint density at radius 3 is 2.68 bits per heavy atom. The summed E-state index contributed by atoms with van der Waals surface area (Å²) in [6.45, 7) is 11.5. The van der Waals surface area contributed by atoms with Crippen molar-refractivity contribution in [3.8, 4) is 5.75 Å². The van der Waals surface area contributed by atoms with Gasteiger partial charge in [0, 0.05) is 35.7 Å². The van der Waals surface area contributed by atoms with Crippen LogP contribution in [0.1, 0.15) is 55.9 Å². The molecule has 1 fully saturated rings. The topological polar surface area (TPSA) is 37.0 Å². The van der Waals surface area contributed by atoms with Crippen molar-refractivity contribution >= 4 is 17.0 Å². The molecule has 1 heterocycles. The smallest absolute Gasteiger partial charge is 0.128 e. The molecule has 1 unspecified atom stereocenters. The van der Waals surface area contributed by atoms with Crippen molar-refractivity contribution in [3.05, 3.63) is 76.9 Å². The molecule has 0 saturated carbocycles. The van der Waals surface area contributed by atoms with E-state index in [4.69, 9.17) is 4.99 Å². The van der Waals surface area contributed by atoms with Gasteiger partial charge in [-0.1, -0.05) is 69.3 Å². The molecule has 1 aliphatic rings. The average molecular weight is 416 g/mol. The highest BCUT2D eigenvalue weighted by Gasteiger charge is 2.28. The fourth-order valence-corrected chi connectivity index (χ4v) is 4.88. The maximum absolute atomic E-state index is 10.8. The van der Waals surface area contributed by atoms with E-state index in [1.807, 2.05) is 12.3 Å². The summed E-state index contributed by atoms with van der Waals surface area (Å²) in [7, 11) is 0. The maximum Gasteiger partial charge on any atom is 0.128 e. The quantitative estimate of drug-likeness (QED) is 0.576. The Hall–Kier alpha value is -2.65. The molecule has 0 radical (unpaired) electrons. The number of benzene rings is 3. The fraction of sp³-hybridized carbons (Fsp3) is 0.393. The summed E-state index contributed by atoms with van der Waals surface area (Å²) in [4.78, 5) is 6.42. The third-order valence-corrected chi connectivity index (χ3v) is 6.57. The lowest BCUT2D eigenvalue weighted by Crippen LogP contribution is -3.12. The highest BCUT2D eigenvalue weighted by atomic mass is 16.3. The molecule has 4 rings (SSSR count). The van der Waals surface area contributed by atoms with Crippen LogP contribution in [0.2, 0.25) is 0 Å². The molecule has 0 aliphatic carbocycles. The monoisotopic (exact) mass is 415 g/mol. The molecule has 2 atom stereocenters. The first-order valence-electron chi connectivity index (χ1n) is 11.5. The summed E-state index contributed by atoms with van der Waals surface area (Å²) in [5, 5.41) is 13.5. The van der Waals surface area contributed by atoms with Gasteiger partial charge in [-0.05, 0) is 34.7 Å². The summed E-state index contributed by atoms with van der Waals surface area (Å²) < 4.78 is 0. The molecule has 3 heteroatoms. The van der Waals surface area contributed by atoms with Crippen LogP contribution in [0.25, 0.3) is 10.8 Å². The Morgan fingerprint density at radius 1 is 1.10 bits per heavy atom. The van der Waals surface area contributed by atoms with Crippen molar-refractivity contribution in [1.82, 2.24) is 0 Å². The molecule has 0 bridgehead atoms. The van der Waals surface area contributed by atoms with E-state index < -0.39 is 0 Å². The Bertz CT molecular complexity index is 1090. The van der Waals surface area contributed by atoms with Crippen molar-refractivity contribution in [3.63, 3.8) is 0 Å². The molecule has 3 nitrogen and oxygen atoms in total. The second-order valence-electron chi connectivity index (χ2n) is 10.1. The van der Waals surface area contributed by atoms with Crippen molar-refractivity contribution in [2.45, 2.75) is 58.5 Å². The number of rotatable bonds is 5. The van der Waals surface area contributed by atoms with E-state index in [1.165, 1.54) is 35.7 Å². The number of aliphatic imine (C=N–C) groups is 1. The van der Waals surface area contributed by atoms with E-state index in [0.29, 0.717) is 11.8 Å². The number of likely N-dealkylation sites (tertiary alicyclic amines) is 1. The first kappa shape index (κ1) is 21.6. The summed E-state index contributed by atoms with van der Waals surface area (Å²) in [6, 6.07) is 20.0. The van der Waals surface area contributed by atoms with E-state index in [0.717, 1.165) is 29.8 Å². The molecule has 3 aromatic rings. The zero-order valence-corrected chi connectivity index (χ0v) is 19.3. The Balaban J connectivity index is 1.49. The number of phenolic OH excluding ortho intramolecular Hbond substituents is 1. The number of aryl methyl sites for hydroxylation is 1. The van der Waals surface area contributed by atoms with Crippen LogP contribution in [0, 0.1) is 6.92 Å². The number of nitrogens with one attached hydrogen (secondary N) is 1. The van der Waals surface area contributed by atoms with Gasteiger partial charge in [0.1, 0.15) is 18.3 Å². The van der Waals surface area contributed by atoms with Crippen molar-refractivity contribution in [2.24, 2.45) is 4.99 Å². The number of phenols is 1. The lowest BCUT2D eigenvalue weighted by atomic mass is 9.84. The van der Waals surface area contributed by atoms with Gasteiger partial charge in [-0.3, -0.25) is 4.99 Å². The SMILES string of the molecule is Cc1cc(C=NC[C@@H]2CCC[NH+]2Cc2cccc3ccccc23)c(O)c(C(C)(C)C)c1. The van der Waals surface area contributed by atoms with Gasteiger partial charge in [0.25, 0.3) is 0 Å². The molecular weight excluding hydrogens is 380 g/mol. The molecule has 1 aliphatic heterocycles. The van der Waals surface area contributed by atoms with Crippen LogP contribution in [0.4, 0.5) is 0 Å². The molecule has 2 N–H and O–H groups in total. The number of hydrogen-bond acceptors (Lipinski definition) is 2. The Labute approximate surface area is 186 Å². The summed E-state index contributed by atoms with van der Waals surface area (Å²) in [5.74, 6) is 0.369. The largest absolute Gasteiger partial charge is 0.507 e. The molecule has 162 valence electrons. The van der Waals surface area contributed by atoms with Gasteiger partial charge in [0.2, 0.25) is 0 Å². The molecule has 31 heavy (non-hydrogen) atoms. The number of hydrogen-bond donors (Lipinski definition) is 2. The van der Waals surface area contributed by atoms with E-state index in [9.17, 15) is 5.11 Å². The molecular formula is C28H35N2O+. The minimum Gasteiger partial charge on any atom is -0.507 e. The number of aromatic hydroxyl groups is 1. The Morgan fingerprint density at radius 2 is 1.87 bits per heavy atom. The lowest BCUT2D eigenvalue weighted by Gasteiger charge is -2.22. The van der Waals surface area contributed by atoms with Gasteiger partial charge in [0.15, 0.2) is 0 Å². The molecule has 0 amide bonds. The van der Waals surface area contributed by atoms with Gasteiger partial charge >= 0.3 is 0 Å². The third-order valence-electron chi connectivity index (χ3n) is 6.57. The minimum absolute atomic E-state index is 0.0937. The third kappa shape index (κ3) is 4.83. The summed E-state index contributed by atoms with van der Waals surface area (Å²) in [5.41, 5.74) is 4.31. The standard InChI is InChI=1S/C28H34N2O/c1-20-15-23(27(31)26(16-20)28(2,3)4)17-29-18-24-12-8-14-30(24)19-22-11-7-10-21-9-5-6-13-25(21)22/h5-7,9-11,13,15-17,24,31H,8,12,14,18-19H2,1-4H3/p+1/t24-/m0/s1. The van der Waals surface area contributed by atoms with Gasteiger partial charge in [-0.15, -0.1) is 0 Å². The summed E-state index contributed by atoms with van der Waals surface area (Å²) >= 11 is 0. The molecule has 0 aromatic heterocycles. The van der Waals surface area contributed by atoms with Crippen LogP contribution in [0.15, 0.2) is 59.6 Å². The van der Waals surface area contributed by atoms with Crippen LogP contribution in [0.5, 0.6) is 5.75 Å².